The third-order valence-electron chi connectivity index (χ3n) is 4.50. The van der Waals surface area contributed by atoms with Crippen LogP contribution in [0.4, 0.5) is 0 Å². The van der Waals surface area contributed by atoms with Crippen molar-refractivity contribution in [1.82, 2.24) is 4.90 Å². The first-order valence-corrected chi connectivity index (χ1v) is 6.54. The molecule has 1 nitrogen and oxygen atoms in total. The van der Waals surface area contributed by atoms with Crippen LogP contribution >= 0.6 is 0 Å². The molecule has 0 spiro atoms. The average molecular weight is 221 g/mol. The van der Waals surface area contributed by atoms with E-state index in [0.717, 1.165) is 6.04 Å². The molecule has 0 radical (unpaired) electrons. The first-order chi connectivity index (χ1) is 7.12. The van der Waals surface area contributed by atoms with Crippen molar-refractivity contribution < 1.29 is 0 Å². The van der Waals surface area contributed by atoms with Crippen molar-refractivity contribution in [1.29, 1.82) is 0 Å². The van der Waals surface area contributed by atoms with E-state index in [-0.39, 0.29) is 5.54 Å². The molecule has 0 aromatic carbocycles. The van der Waals surface area contributed by atoms with Crippen LogP contribution in [0.3, 0.4) is 0 Å². The normalized spacial score (nSPS) is 39.6. The van der Waals surface area contributed by atoms with Crippen molar-refractivity contribution in [3.05, 3.63) is 12.7 Å². The highest BCUT2D eigenvalue weighted by Crippen LogP contribution is 2.64. The summed E-state index contributed by atoms with van der Waals surface area (Å²) in [4.78, 5) is 2.76. The van der Waals surface area contributed by atoms with Crippen LogP contribution in [0.15, 0.2) is 12.7 Å². The molecule has 92 valence electrons. The number of hydrogen-bond acceptors (Lipinski definition) is 1. The molecule has 1 saturated heterocycles. The SMILES string of the molecule is C=C[C@@]12CC(C(C)(C)C)N(C(C)(C)C)[C@@H]1C2. The fraction of sp³-hybridized carbons (Fsp3) is 0.867. The third kappa shape index (κ3) is 1.64. The summed E-state index contributed by atoms with van der Waals surface area (Å²) in [6, 6.07) is 1.46. The molecule has 1 aliphatic carbocycles. The van der Waals surface area contributed by atoms with Crippen LogP contribution < -0.4 is 0 Å². The maximum atomic E-state index is 4.06. The standard InChI is InChI=1S/C15H27N/c1-8-15-9-11(13(2,3)4)16(12(15)10-15)14(5,6)7/h8,11-12H,1,9-10H2,2-7H3/t11?,12-,15+/m1/s1. The van der Waals surface area contributed by atoms with Gasteiger partial charge in [0.25, 0.3) is 0 Å². The largest absolute Gasteiger partial charge is 0.291 e. The Bertz CT molecular complexity index is 304. The predicted molar refractivity (Wildman–Crippen MR) is 70.5 cm³/mol. The van der Waals surface area contributed by atoms with Crippen molar-refractivity contribution in [3.63, 3.8) is 0 Å². The van der Waals surface area contributed by atoms with Gasteiger partial charge in [0, 0.05) is 23.0 Å². The van der Waals surface area contributed by atoms with Crippen LogP contribution in [0.1, 0.15) is 54.4 Å². The van der Waals surface area contributed by atoms with E-state index in [1.54, 1.807) is 0 Å². The van der Waals surface area contributed by atoms with E-state index in [1.165, 1.54) is 12.8 Å². The fourth-order valence-electron chi connectivity index (χ4n) is 3.53. The van der Waals surface area contributed by atoms with Gasteiger partial charge in [-0.3, -0.25) is 4.90 Å². The van der Waals surface area contributed by atoms with Crippen LogP contribution in [0.5, 0.6) is 0 Å². The summed E-state index contributed by atoms with van der Waals surface area (Å²) in [7, 11) is 0. The number of rotatable bonds is 1. The first kappa shape index (κ1) is 12.2. The van der Waals surface area contributed by atoms with E-state index in [2.05, 4.69) is 59.1 Å². The maximum Gasteiger partial charge on any atom is 0.0204 e. The Morgan fingerprint density at radius 3 is 2.00 bits per heavy atom. The van der Waals surface area contributed by atoms with Crippen LogP contribution in [-0.2, 0) is 0 Å². The third-order valence-corrected chi connectivity index (χ3v) is 4.50. The molecule has 16 heavy (non-hydrogen) atoms. The van der Waals surface area contributed by atoms with Gasteiger partial charge in [-0.05, 0) is 39.0 Å². The van der Waals surface area contributed by atoms with Gasteiger partial charge >= 0.3 is 0 Å². The zero-order chi connectivity index (χ0) is 12.4. The van der Waals surface area contributed by atoms with E-state index in [4.69, 9.17) is 0 Å². The number of likely N-dealkylation sites (tertiary alicyclic amines) is 1. The van der Waals surface area contributed by atoms with Crippen molar-refractivity contribution in [2.45, 2.75) is 72.0 Å². The average Bonchev–Trinajstić information content (AvgIpc) is 2.68. The highest BCUT2D eigenvalue weighted by atomic mass is 15.3. The highest BCUT2D eigenvalue weighted by Gasteiger charge is 2.66. The van der Waals surface area contributed by atoms with Gasteiger partial charge in [-0.15, -0.1) is 6.58 Å². The minimum absolute atomic E-state index is 0.282. The zero-order valence-electron chi connectivity index (χ0n) is 11.8. The van der Waals surface area contributed by atoms with Gasteiger partial charge in [0.1, 0.15) is 0 Å². The molecule has 0 aromatic rings. The van der Waals surface area contributed by atoms with Crippen molar-refractivity contribution in [2.24, 2.45) is 10.8 Å². The van der Waals surface area contributed by atoms with Crippen LogP contribution in [0.2, 0.25) is 0 Å². The van der Waals surface area contributed by atoms with E-state index in [9.17, 15) is 0 Å². The molecule has 1 heterocycles. The molecular weight excluding hydrogens is 194 g/mol. The second kappa shape index (κ2) is 3.13. The summed E-state index contributed by atoms with van der Waals surface area (Å²) in [5, 5.41) is 0. The van der Waals surface area contributed by atoms with E-state index >= 15 is 0 Å². The number of nitrogens with zero attached hydrogens (tertiary/aromatic N) is 1. The molecule has 0 N–H and O–H groups in total. The Hall–Kier alpha value is -0.300. The van der Waals surface area contributed by atoms with Gasteiger partial charge in [-0.25, -0.2) is 0 Å². The molecule has 1 aliphatic heterocycles. The molecule has 0 amide bonds. The molecule has 2 fully saturated rings. The minimum Gasteiger partial charge on any atom is -0.291 e. The molecule has 1 heteroatoms. The molecular formula is C15H27N. The first-order valence-electron chi connectivity index (χ1n) is 6.54. The minimum atomic E-state index is 0.282. The van der Waals surface area contributed by atoms with E-state index < -0.39 is 0 Å². The lowest BCUT2D eigenvalue weighted by molar-refractivity contribution is 0.0362. The van der Waals surface area contributed by atoms with E-state index in [1.807, 2.05) is 0 Å². The summed E-state index contributed by atoms with van der Waals surface area (Å²) < 4.78 is 0. The number of piperidine rings is 1. The van der Waals surface area contributed by atoms with Crippen LogP contribution in [0, 0.1) is 10.8 Å². The van der Waals surface area contributed by atoms with Gasteiger partial charge < -0.3 is 0 Å². The Morgan fingerprint density at radius 2 is 1.69 bits per heavy atom. The van der Waals surface area contributed by atoms with E-state index in [0.29, 0.717) is 16.9 Å². The Morgan fingerprint density at radius 1 is 1.12 bits per heavy atom. The van der Waals surface area contributed by atoms with Gasteiger partial charge in [0.05, 0.1) is 0 Å². The summed E-state index contributed by atoms with van der Waals surface area (Å²) >= 11 is 0. The molecule has 1 unspecified atom stereocenters. The Labute approximate surface area is 101 Å². The predicted octanol–water partition coefficient (Wildman–Crippen LogP) is 3.85. The molecule has 2 rings (SSSR count). The lowest BCUT2D eigenvalue weighted by atomic mass is 9.80. The second-order valence-corrected chi connectivity index (χ2v) is 7.82. The lowest BCUT2D eigenvalue weighted by Crippen LogP contribution is -2.51. The summed E-state index contributed by atoms with van der Waals surface area (Å²) in [6.45, 7) is 18.2. The van der Waals surface area contributed by atoms with Gasteiger partial charge in [0.15, 0.2) is 0 Å². The van der Waals surface area contributed by atoms with Crippen molar-refractivity contribution in [3.8, 4) is 0 Å². The van der Waals surface area contributed by atoms with Crippen LogP contribution in [-0.4, -0.2) is 22.5 Å². The smallest absolute Gasteiger partial charge is 0.0204 e. The quantitative estimate of drug-likeness (QED) is 0.608. The van der Waals surface area contributed by atoms with Gasteiger partial charge in [-0.1, -0.05) is 26.8 Å². The topological polar surface area (TPSA) is 3.24 Å². The second-order valence-electron chi connectivity index (χ2n) is 7.82. The lowest BCUT2D eigenvalue weighted by Gasteiger charge is -2.45. The summed E-state index contributed by atoms with van der Waals surface area (Å²) in [6.07, 6.45) is 4.87. The maximum absolute atomic E-state index is 4.06. The van der Waals surface area contributed by atoms with Gasteiger partial charge in [-0.2, -0.15) is 0 Å². The molecule has 0 bridgehead atoms. The Balaban J connectivity index is 2.30. The van der Waals surface area contributed by atoms with Crippen molar-refractivity contribution >= 4 is 0 Å². The fourth-order valence-corrected chi connectivity index (χ4v) is 3.53. The number of hydrogen-bond donors (Lipinski definition) is 0. The number of fused-ring (bicyclic) bond motifs is 1. The molecule has 3 atom stereocenters. The van der Waals surface area contributed by atoms with Gasteiger partial charge in [0.2, 0.25) is 0 Å². The molecule has 0 aromatic heterocycles. The Kier molecular flexibility index (Phi) is 2.38. The highest BCUT2D eigenvalue weighted by molar-refractivity contribution is 5.26. The van der Waals surface area contributed by atoms with Crippen LogP contribution in [0.25, 0.3) is 0 Å². The van der Waals surface area contributed by atoms with Crippen molar-refractivity contribution in [2.75, 3.05) is 0 Å². The summed E-state index contributed by atoms with van der Waals surface area (Å²) in [5.74, 6) is 0. The molecule has 2 aliphatic rings. The molecule has 1 saturated carbocycles. The summed E-state index contributed by atoms with van der Waals surface area (Å²) in [5.41, 5.74) is 1.10. The zero-order valence-corrected chi connectivity index (χ0v) is 11.8. The monoisotopic (exact) mass is 221 g/mol.